The van der Waals surface area contributed by atoms with Crippen molar-refractivity contribution >= 4 is 5.91 Å². The smallest absolute Gasteiger partial charge is 0.254 e. The van der Waals surface area contributed by atoms with Crippen molar-refractivity contribution in [3.63, 3.8) is 0 Å². The van der Waals surface area contributed by atoms with E-state index in [2.05, 4.69) is 25.3 Å². The van der Waals surface area contributed by atoms with Crippen LogP contribution in [0.3, 0.4) is 0 Å². The Labute approximate surface area is 146 Å². The fourth-order valence-corrected chi connectivity index (χ4v) is 2.46. The number of aryl methyl sites for hydroxylation is 1. The molecule has 0 aliphatic rings. The molecule has 126 valence electrons. The number of rotatable bonds is 5. The molecule has 0 aromatic carbocycles. The van der Waals surface area contributed by atoms with E-state index in [4.69, 9.17) is 0 Å². The molecule has 0 fully saturated rings. The van der Waals surface area contributed by atoms with Gasteiger partial charge in [-0.05, 0) is 37.6 Å². The summed E-state index contributed by atoms with van der Waals surface area (Å²) in [6, 6.07) is 11.2. The molecule has 3 heterocycles. The lowest BCUT2D eigenvalue weighted by atomic mass is 10.1. The van der Waals surface area contributed by atoms with Gasteiger partial charge in [-0.25, -0.2) is 9.97 Å². The van der Waals surface area contributed by atoms with Crippen LogP contribution < -0.4 is 5.32 Å². The second kappa shape index (κ2) is 7.61. The summed E-state index contributed by atoms with van der Waals surface area (Å²) in [6.45, 7) is 3.94. The van der Waals surface area contributed by atoms with Gasteiger partial charge < -0.3 is 5.32 Å². The van der Waals surface area contributed by atoms with Crippen LogP contribution in [0.15, 0.2) is 55.0 Å². The number of nitrogens with one attached hydrogen (secondary N) is 1. The minimum absolute atomic E-state index is 0.150. The van der Waals surface area contributed by atoms with Gasteiger partial charge in [-0.3, -0.25) is 14.8 Å². The summed E-state index contributed by atoms with van der Waals surface area (Å²) in [6.07, 6.45) is 5.46. The van der Waals surface area contributed by atoms with E-state index in [1.807, 2.05) is 50.2 Å². The first-order valence-corrected chi connectivity index (χ1v) is 8.15. The normalized spacial score (nSPS) is 11.8. The molecule has 0 saturated heterocycles. The molecule has 0 aliphatic heterocycles. The predicted molar refractivity (Wildman–Crippen MR) is 94.7 cm³/mol. The van der Waals surface area contributed by atoms with E-state index >= 15 is 0 Å². The van der Waals surface area contributed by atoms with Crippen molar-refractivity contribution < 1.29 is 4.79 Å². The van der Waals surface area contributed by atoms with E-state index in [9.17, 15) is 4.79 Å². The number of aromatic nitrogens is 4. The average Bonchev–Trinajstić information content (AvgIpc) is 2.66. The third kappa shape index (κ3) is 4.03. The van der Waals surface area contributed by atoms with Gasteiger partial charge in [0.2, 0.25) is 0 Å². The molecule has 0 aliphatic carbocycles. The van der Waals surface area contributed by atoms with E-state index in [-0.39, 0.29) is 11.9 Å². The van der Waals surface area contributed by atoms with Crippen LogP contribution >= 0.6 is 0 Å². The minimum Gasteiger partial charge on any atom is -0.344 e. The molecule has 0 radical (unpaired) electrons. The molecular formula is C19H19N5O. The molecule has 6 nitrogen and oxygen atoms in total. The van der Waals surface area contributed by atoms with E-state index < -0.39 is 0 Å². The Hall–Kier alpha value is -3.15. The van der Waals surface area contributed by atoms with Crippen molar-refractivity contribution in [3.8, 4) is 11.5 Å². The molecule has 25 heavy (non-hydrogen) atoms. The third-order valence-corrected chi connectivity index (χ3v) is 3.79. The number of hydrogen-bond acceptors (Lipinski definition) is 5. The molecule has 0 spiro atoms. The number of carbonyl (C=O) groups excluding carboxylic acids is 1. The lowest BCUT2D eigenvalue weighted by Gasteiger charge is -2.16. The topological polar surface area (TPSA) is 80.7 Å². The third-order valence-electron chi connectivity index (χ3n) is 3.79. The maximum absolute atomic E-state index is 12.5. The highest BCUT2D eigenvalue weighted by Gasteiger charge is 2.16. The SMILES string of the molecule is CC[C@H](NC(=O)c1cnc(-c2ccccn2)nc1)c1cccc(C)n1. The number of hydrogen-bond donors (Lipinski definition) is 1. The second-order valence-corrected chi connectivity index (χ2v) is 5.65. The molecule has 6 heteroatoms. The molecule has 0 unspecified atom stereocenters. The van der Waals surface area contributed by atoms with Gasteiger partial charge in [0.1, 0.15) is 5.69 Å². The van der Waals surface area contributed by atoms with Gasteiger partial charge in [0.15, 0.2) is 5.82 Å². The van der Waals surface area contributed by atoms with Crippen LogP contribution in [0.5, 0.6) is 0 Å². The quantitative estimate of drug-likeness (QED) is 0.776. The van der Waals surface area contributed by atoms with Crippen molar-refractivity contribution in [1.82, 2.24) is 25.3 Å². The van der Waals surface area contributed by atoms with Gasteiger partial charge in [0.25, 0.3) is 5.91 Å². The van der Waals surface area contributed by atoms with Crippen LogP contribution in [-0.2, 0) is 0 Å². The van der Waals surface area contributed by atoms with Crippen molar-refractivity contribution in [1.29, 1.82) is 0 Å². The highest BCUT2D eigenvalue weighted by molar-refractivity contribution is 5.93. The van der Waals surface area contributed by atoms with Gasteiger partial charge in [-0.2, -0.15) is 0 Å². The first-order chi connectivity index (χ1) is 12.2. The largest absolute Gasteiger partial charge is 0.344 e. The lowest BCUT2D eigenvalue weighted by Crippen LogP contribution is -2.29. The first-order valence-electron chi connectivity index (χ1n) is 8.15. The Kier molecular flexibility index (Phi) is 5.09. The zero-order valence-corrected chi connectivity index (χ0v) is 14.2. The number of pyridine rings is 2. The molecular weight excluding hydrogens is 314 g/mol. The molecule has 0 saturated carbocycles. The minimum atomic E-state index is -0.220. The van der Waals surface area contributed by atoms with Crippen molar-refractivity contribution in [3.05, 3.63) is 71.9 Å². The molecule has 0 bridgehead atoms. The molecule has 3 aromatic rings. The number of amides is 1. The van der Waals surface area contributed by atoms with Gasteiger partial charge in [-0.1, -0.05) is 19.1 Å². The Morgan fingerprint density at radius 1 is 1.08 bits per heavy atom. The standard InChI is InChI=1S/C19H19N5O/c1-3-15(16-9-6-7-13(2)23-16)24-19(25)14-11-21-18(22-12-14)17-8-4-5-10-20-17/h4-12,15H,3H2,1-2H3,(H,24,25)/t15-/m0/s1. The summed E-state index contributed by atoms with van der Waals surface area (Å²) in [5, 5.41) is 2.99. The monoisotopic (exact) mass is 333 g/mol. The number of nitrogens with zero attached hydrogens (tertiary/aromatic N) is 4. The van der Waals surface area contributed by atoms with Gasteiger partial charge in [0, 0.05) is 24.3 Å². The summed E-state index contributed by atoms with van der Waals surface area (Å²) >= 11 is 0. The van der Waals surface area contributed by atoms with Crippen molar-refractivity contribution in [2.45, 2.75) is 26.3 Å². The summed E-state index contributed by atoms with van der Waals surface area (Å²) < 4.78 is 0. The Balaban J connectivity index is 1.74. The van der Waals surface area contributed by atoms with Gasteiger partial charge in [-0.15, -0.1) is 0 Å². The Bertz CT molecular complexity index is 849. The van der Waals surface area contributed by atoms with E-state index in [1.54, 1.807) is 6.20 Å². The van der Waals surface area contributed by atoms with E-state index in [0.29, 0.717) is 17.1 Å². The number of carbonyl (C=O) groups is 1. The van der Waals surface area contributed by atoms with Crippen molar-refractivity contribution in [2.75, 3.05) is 0 Å². The molecule has 1 N–H and O–H groups in total. The van der Waals surface area contributed by atoms with Gasteiger partial charge >= 0.3 is 0 Å². The van der Waals surface area contributed by atoms with Crippen LogP contribution in [-0.4, -0.2) is 25.8 Å². The lowest BCUT2D eigenvalue weighted by molar-refractivity contribution is 0.0934. The highest BCUT2D eigenvalue weighted by atomic mass is 16.1. The summed E-state index contributed by atoms with van der Waals surface area (Å²) in [4.78, 5) is 29.7. The maximum atomic E-state index is 12.5. The maximum Gasteiger partial charge on any atom is 0.254 e. The molecule has 1 atom stereocenters. The zero-order chi connectivity index (χ0) is 17.6. The summed E-state index contributed by atoms with van der Waals surface area (Å²) in [7, 11) is 0. The van der Waals surface area contributed by atoms with Crippen LogP contribution in [0.4, 0.5) is 0 Å². The summed E-state index contributed by atoms with van der Waals surface area (Å²) in [5.41, 5.74) is 2.85. The average molecular weight is 333 g/mol. The Morgan fingerprint density at radius 3 is 2.52 bits per heavy atom. The first kappa shape index (κ1) is 16.7. The highest BCUT2D eigenvalue weighted by Crippen LogP contribution is 2.16. The van der Waals surface area contributed by atoms with Crippen molar-refractivity contribution in [2.24, 2.45) is 0 Å². The van der Waals surface area contributed by atoms with Crippen LogP contribution in [0.2, 0.25) is 0 Å². The fraction of sp³-hybridized carbons (Fsp3) is 0.211. The molecule has 3 aromatic heterocycles. The predicted octanol–water partition coefficient (Wildman–Crippen LogP) is 3.12. The van der Waals surface area contributed by atoms with Crippen LogP contribution in [0.25, 0.3) is 11.5 Å². The second-order valence-electron chi connectivity index (χ2n) is 5.65. The fourth-order valence-electron chi connectivity index (χ4n) is 2.46. The van der Waals surface area contributed by atoms with Gasteiger partial charge in [0.05, 0.1) is 17.3 Å². The molecule has 3 rings (SSSR count). The van der Waals surface area contributed by atoms with E-state index in [0.717, 1.165) is 17.8 Å². The Morgan fingerprint density at radius 2 is 1.88 bits per heavy atom. The zero-order valence-electron chi connectivity index (χ0n) is 14.2. The molecule has 1 amide bonds. The van der Waals surface area contributed by atoms with Crippen LogP contribution in [0.1, 0.15) is 41.1 Å². The van der Waals surface area contributed by atoms with Crippen LogP contribution in [0, 0.1) is 6.92 Å². The summed E-state index contributed by atoms with van der Waals surface area (Å²) in [5.74, 6) is 0.271. The van der Waals surface area contributed by atoms with E-state index in [1.165, 1.54) is 12.4 Å².